The van der Waals surface area contributed by atoms with Crippen LogP contribution >= 0.6 is 0 Å². The number of nitrogens with zero attached hydrogens (tertiary/aromatic N) is 3. The Labute approximate surface area is 191 Å². The molecule has 2 heterocycles. The zero-order valence-electron chi connectivity index (χ0n) is 18.3. The van der Waals surface area contributed by atoms with Crippen LogP contribution < -0.4 is 10.1 Å². The Morgan fingerprint density at radius 2 is 1.82 bits per heavy atom. The van der Waals surface area contributed by atoms with E-state index in [2.05, 4.69) is 20.5 Å². The van der Waals surface area contributed by atoms with Gasteiger partial charge in [0.25, 0.3) is 5.91 Å². The molecular formula is C26H24N4O3. The highest BCUT2D eigenvalue weighted by Gasteiger charge is 2.22. The van der Waals surface area contributed by atoms with Gasteiger partial charge in [-0.1, -0.05) is 24.3 Å². The third-order valence-corrected chi connectivity index (χ3v) is 5.61. The number of hydrogen-bond donors (Lipinski definition) is 1. The molecule has 7 nitrogen and oxygen atoms in total. The van der Waals surface area contributed by atoms with Crippen molar-refractivity contribution in [1.29, 1.82) is 0 Å². The molecule has 1 fully saturated rings. The summed E-state index contributed by atoms with van der Waals surface area (Å²) in [6, 6.07) is 18.7. The molecule has 1 amide bonds. The maximum Gasteiger partial charge on any atom is 0.251 e. The van der Waals surface area contributed by atoms with Crippen molar-refractivity contribution in [3.05, 3.63) is 83.6 Å². The van der Waals surface area contributed by atoms with Crippen LogP contribution in [0.3, 0.4) is 0 Å². The summed E-state index contributed by atoms with van der Waals surface area (Å²) in [5.41, 5.74) is 4.19. The van der Waals surface area contributed by atoms with E-state index in [1.807, 2.05) is 43.3 Å². The van der Waals surface area contributed by atoms with E-state index >= 15 is 0 Å². The van der Waals surface area contributed by atoms with Crippen molar-refractivity contribution in [3.63, 3.8) is 0 Å². The largest absolute Gasteiger partial charge is 0.477 e. The minimum absolute atomic E-state index is 0.165. The predicted octanol–water partition coefficient (Wildman–Crippen LogP) is 4.83. The van der Waals surface area contributed by atoms with Gasteiger partial charge in [0.2, 0.25) is 17.7 Å². The standard InChI is InChI=1S/C26H24N4O3/c1-17-4-2-3-5-22(17)26-30-29-25(33-26)21-11-9-20(10-12-21)24(31)28-15-19-8-13-23(27-14-19)32-16-18-6-7-18/h2-5,8-14,18H,6-7,15-16H2,1H3,(H,28,31). The van der Waals surface area contributed by atoms with Crippen LogP contribution in [0.1, 0.15) is 34.3 Å². The number of rotatable bonds is 8. The summed E-state index contributed by atoms with van der Waals surface area (Å²) in [6.45, 7) is 3.12. The molecule has 1 saturated carbocycles. The first kappa shape index (κ1) is 20.9. The third kappa shape index (κ3) is 5.09. The number of amides is 1. The lowest BCUT2D eigenvalue weighted by molar-refractivity contribution is 0.0951. The van der Waals surface area contributed by atoms with E-state index in [0.29, 0.717) is 35.7 Å². The molecule has 1 aliphatic rings. The highest BCUT2D eigenvalue weighted by molar-refractivity contribution is 5.94. The fourth-order valence-corrected chi connectivity index (χ4v) is 3.40. The summed E-state index contributed by atoms with van der Waals surface area (Å²) < 4.78 is 11.5. The fraction of sp³-hybridized carbons (Fsp3) is 0.231. The SMILES string of the molecule is Cc1ccccc1-c1nnc(-c2ccc(C(=O)NCc3ccc(OCC4CC4)nc3)cc2)o1. The van der Waals surface area contributed by atoms with Crippen molar-refractivity contribution in [1.82, 2.24) is 20.5 Å². The zero-order valence-corrected chi connectivity index (χ0v) is 18.3. The van der Waals surface area contributed by atoms with Crippen LogP contribution in [0.5, 0.6) is 5.88 Å². The van der Waals surface area contributed by atoms with Gasteiger partial charge in [0.05, 0.1) is 6.61 Å². The highest BCUT2D eigenvalue weighted by Crippen LogP contribution is 2.29. The first-order valence-corrected chi connectivity index (χ1v) is 11.0. The lowest BCUT2D eigenvalue weighted by Crippen LogP contribution is -2.22. The zero-order chi connectivity index (χ0) is 22.6. The Morgan fingerprint density at radius 3 is 2.55 bits per heavy atom. The van der Waals surface area contributed by atoms with Crippen LogP contribution in [0, 0.1) is 12.8 Å². The lowest BCUT2D eigenvalue weighted by atomic mass is 10.1. The molecule has 0 spiro atoms. The normalized spacial score (nSPS) is 13.0. The van der Waals surface area contributed by atoms with Crippen LogP contribution in [-0.4, -0.2) is 27.7 Å². The van der Waals surface area contributed by atoms with Crippen LogP contribution in [0.4, 0.5) is 0 Å². The number of carbonyl (C=O) groups excluding carboxylic acids is 1. The predicted molar refractivity (Wildman–Crippen MR) is 124 cm³/mol. The van der Waals surface area contributed by atoms with Gasteiger partial charge < -0.3 is 14.5 Å². The van der Waals surface area contributed by atoms with E-state index in [9.17, 15) is 4.79 Å². The number of carbonyl (C=O) groups is 1. The molecule has 4 aromatic rings. The summed E-state index contributed by atoms with van der Waals surface area (Å²) in [6.07, 6.45) is 4.22. The molecule has 1 aliphatic carbocycles. The third-order valence-electron chi connectivity index (χ3n) is 5.61. The molecule has 0 unspecified atom stereocenters. The maximum atomic E-state index is 12.5. The van der Waals surface area contributed by atoms with Crippen molar-refractivity contribution in [3.8, 4) is 28.8 Å². The fourth-order valence-electron chi connectivity index (χ4n) is 3.40. The second-order valence-electron chi connectivity index (χ2n) is 8.25. The van der Waals surface area contributed by atoms with Crippen LogP contribution in [0.2, 0.25) is 0 Å². The van der Waals surface area contributed by atoms with E-state index < -0.39 is 0 Å². The minimum atomic E-state index is -0.165. The first-order chi connectivity index (χ1) is 16.2. The Kier molecular flexibility index (Phi) is 5.85. The number of aromatic nitrogens is 3. The van der Waals surface area contributed by atoms with Crippen LogP contribution in [-0.2, 0) is 6.54 Å². The van der Waals surface area contributed by atoms with Crippen molar-refractivity contribution in [2.24, 2.45) is 5.92 Å². The molecule has 0 aliphatic heterocycles. The second kappa shape index (κ2) is 9.24. The van der Waals surface area contributed by atoms with Gasteiger partial charge in [0, 0.05) is 35.5 Å². The van der Waals surface area contributed by atoms with Crippen molar-refractivity contribution >= 4 is 5.91 Å². The topological polar surface area (TPSA) is 90.1 Å². The molecule has 0 saturated heterocycles. The van der Waals surface area contributed by atoms with Crippen LogP contribution in [0.15, 0.2) is 71.3 Å². The molecule has 33 heavy (non-hydrogen) atoms. The molecular weight excluding hydrogens is 416 g/mol. The smallest absolute Gasteiger partial charge is 0.251 e. The Bertz CT molecular complexity index is 1250. The van der Waals surface area contributed by atoms with Gasteiger partial charge >= 0.3 is 0 Å². The molecule has 0 bridgehead atoms. The highest BCUT2D eigenvalue weighted by atomic mass is 16.5. The molecule has 166 valence electrons. The molecule has 2 aromatic heterocycles. The summed E-state index contributed by atoms with van der Waals surface area (Å²) in [5.74, 6) is 2.03. The Morgan fingerprint density at radius 1 is 1.03 bits per heavy atom. The van der Waals surface area contributed by atoms with E-state index in [0.717, 1.165) is 28.9 Å². The Balaban J connectivity index is 1.18. The quantitative estimate of drug-likeness (QED) is 0.422. The lowest BCUT2D eigenvalue weighted by Gasteiger charge is -2.07. The van der Waals surface area contributed by atoms with Gasteiger partial charge in [-0.3, -0.25) is 4.79 Å². The van der Waals surface area contributed by atoms with Crippen molar-refractivity contribution < 1.29 is 13.9 Å². The minimum Gasteiger partial charge on any atom is -0.477 e. The average Bonchev–Trinajstić information content (AvgIpc) is 3.56. The molecule has 7 heteroatoms. The van der Waals surface area contributed by atoms with Crippen molar-refractivity contribution in [2.45, 2.75) is 26.3 Å². The van der Waals surface area contributed by atoms with E-state index in [-0.39, 0.29) is 5.91 Å². The van der Waals surface area contributed by atoms with Gasteiger partial charge in [0.15, 0.2) is 0 Å². The second-order valence-corrected chi connectivity index (χ2v) is 8.25. The number of ether oxygens (including phenoxy) is 1. The molecule has 5 rings (SSSR count). The molecule has 2 aromatic carbocycles. The summed E-state index contributed by atoms with van der Waals surface area (Å²) in [4.78, 5) is 16.8. The van der Waals surface area contributed by atoms with Gasteiger partial charge in [-0.25, -0.2) is 4.98 Å². The molecule has 0 radical (unpaired) electrons. The monoisotopic (exact) mass is 440 g/mol. The maximum absolute atomic E-state index is 12.5. The Hall–Kier alpha value is -4.00. The number of aryl methyl sites for hydroxylation is 1. The summed E-state index contributed by atoms with van der Waals surface area (Å²) >= 11 is 0. The number of hydrogen-bond acceptors (Lipinski definition) is 6. The van der Waals surface area contributed by atoms with E-state index in [4.69, 9.17) is 9.15 Å². The summed E-state index contributed by atoms with van der Waals surface area (Å²) in [5, 5.41) is 11.2. The van der Waals surface area contributed by atoms with Gasteiger partial charge in [-0.2, -0.15) is 0 Å². The van der Waals surface area contributed by atoms with E-state index in [1.54, 1.807) is 30.5 Å². The molecule has 0 atom stereocenters. The number of nitrogens with one attached hydrogen (secondary N) is 1. The first-order valence-electron chi connectivity index (χ1n) is 11.0. The molecule has 1 N–H and O–H groups in total. The number of benzene rings is 2. The van der Waals surface area contributed by atoms with Crippen LogP contribution in [0.25, 0.3) is 22.9 Å². The number of pyridine rings is 1. The van der Waals surface area contributed by atoms with Gasteiger partial charge in [-0.05, 0) is 67.1 Å². The summed E-state index contributed by atoms with van der Waals surface area (Å²) in [7, 11) is 0. The van der Waals surface area contributed by atoms with E-state index in [1.165, 1.54) is 12.8 Å². The average molecular weight is 441 g/mol. The van der Waals surface area contributed by atoms with Gasteiger partial charge in [-0.15, -0.1) is 10.2 Å². The van der Waals surface area contributed by atoms with Gasteiger partial charge in [0.1, 0.15) is 0 Å². The van der Waals surface area contributed by atoms with Crippen molar-refractivity contribution in [2.75, 3.05) is 6.61 Å².